The highest BCUT2D eigenvalue weighted by molar-refractivity contribution is 6.99. The van der Waals surface area contributed by atoms with Gasteiger partial charge in [-0.3, -0.25) is 9.40 Å². The molecule has 3 aliphatic heterocycles. The first-order valence-corrected chi connectivity index (χ1v) is 16.4. The molecule has 3 aromatic rings. The molecule has 0 radical (unpaired) electrons. The fourth-order valence-corrected chi connectivity index (χ4v) is 11.1. The minimum absolute atomic E-state index is 0.176. The van der Waals surface area contributed by atoms with Gasteiger partial charge in [0, 0.05) is 19.2 Å². The summed E-state index contributed by atoms with van der Waals surface area (Å²) >= 11 is 0. The van der Waals surface area contributed by atoms with Gasteiger partial charge in [-0.15, -0.1) is 0 Å². The Morgan fingerprint density at radius 3 is 2.21 bits per heavy atom. The second-order valence-electron chi connectivity index (χ2n) is 12.6. The number of hydrogen-bond donors (Lipinski definition) is 1. The molecule has 42 heavy (non-hydrogen) atoms. The molecule has 3 fully saturated rings. The van der Waals surface area contributed by atoms with Crippen molar-refractivity contribution in [3.05, 3.63) is 83.4 Å². The molecule has 1 aromatic heterocycles. The monoisotopic (exact) mass is 592 g/mol. The van der Waals surface area contributed by atoms with E-state index in [9.17, 15) is 4.79 Å². The maximum absolute atomic E-state index is 12.5. The van der Waals surface area contributed by atoms with Gasteiger partial charge in [-0.1, -0.05) is 81.4 Å². The number of nitrogens with zero attached hydrogens (tertiary/aromatic N) is 3. The number of ether oxygens (including phenoxy) is 3. The molecule has 0 unspecified atom stereocenters. The van der Waals surface area contributed by atoms with E-state index >= 15 is 0 Å². The van der Waals surface area contributed by atoms with E-state index in [1.807, 2.05) is 26.0 Å². The maximum atomic E-state index is 12.5. The Balaban J connectivity index is 1.27. The van der Waals surface area contributed by atoms with Gasteiger partial charge in [-0.05, 0) is 35.3 Å². The first-order chi connectivity index (χ1) is 20.0. The first kappa shape index (κ1) is 29.2. The van der Waals surface area contributed by atoms with Crippen LogP contribution in [0, 0.1) is 0 Å². The van der Waals surface area contributed by atoms with Gasteiger partial charge in [0.15, 0.2) is 18.2 Å². The molecule has 3 aliphatic rings. The molecule has 0 aliphatic carbocycles. The molecule has 0 amide bonds. The van der Waals surface area contributed by atoms with Crippen LogP contribution in [0.3, 0.4) is 0 Å². The minimum atomic E-state index is -2.79. The molecule has 0 saturated carbocycles. The number of anilines is 1. The Morgan fingerprint density at radius 1 is 1.00 bits per heavy atom. The third-order valence-corrected chi connectivity index (χ3v) is 13.3. The lowest BCUT2D eigenvalue weighted by Gasteiger charge is -2.43. The number of nitrogen functional groups attached to an aromatic ring is 1. The Morgan fingerprint density at radius 2 is 1.62 bits per heavy atom. The predicted molar refractivity (Wildman–Crippen MR) is 160 cm³/mol. The van der Waals surface area contributed by atoms with Crippen LogP contribution in [-0.2, 0) is 23.5 Å². The molecule has 5 atom stereocenters. The second kappa shape index (κ2) is 11.0. The van der Waals surface area contributed by atoms with Crippen LogP contribution >= 0.6 is 0 Å². The zero-order valence-corrected chi connectivity index (χ0v) is 25.8. The van der Waals surface area contributed by atoms with Gasteiger partial charge in [0.1, 0.15) is 24.1 Å². The van der Waals surface area contributed by atoms with Gasteiger partial charge >= 0.3 is 5.69 Å². The van der Waals surface area contributed by atoms with Crippen LogP contribution in [0.4, 0.5) is 5.82 Å². The van der Waals surface area contributed by atoms with E-state index in [4.69, 9.17) is 29.2 Å². The predicted octanol–water partition coefficient (Wildman–Crippen LogP) is 2.78. The van der Waals surface area contributed by atoms with Crippen LogP contribution in [0.1, 0.15) is 47.3 Å². The van der Waals surface area contributed by atoms with E-state index in [1.165, 1.54) is 14.9 Å². The number of rotatable bonds is 7. The van der Waals surface area contributed by atoms with E-state index < -0.39 is 44.5 Å². The van der Waals surface area contributed by atoms with Crippen LogP contribution in [0.5, 0.6) is 0 Å². The summed E-state index contributed by atoms with van der Waals surface area (Å²) in [5, 5.41) is 3.99. The van der Waals surface area contributed by atoms with Crippen molar-refractivity contribution in [3.63, 3.8) is 0 Å². The molecule has 0 bridgehead atoms. The van der Waals surface area contributed by atoms with Crippen molar-refractivity contribution in [1.29, 1.82) is 0 Å². The summed E-state index contributed by atoms with van der Waals surface area (Å²) in [6, 6.07) is 22.7. The smallest absolute Gasteiger partial charge is 0.351 e. The van der Waals surface area contributed by atoms with E-state index in [0.29, 0.717) is 19.6 Å². The fraction of sp³-hybridized carbons (Fsp3) is 0.484. The summed E-state index contributed by atoms with van der Waals surface area (Å²) in [6.07, 6.45) is -0.0134. The van der Waals surface area contributed by atoms with E-state index in [0.717, 1.165) is 0 Å². The Hall–Kier alpha value is -2.90. The Kier molecular flexibility index (Phi) is 7.63. The number of benzene rings is 2. The highest BCUT2D eigenvalue weighted by Crippen LogP contribution is 2.43. The molecule has 10 nitrogen and oxygen atoms in total. The summed E-state index contributed by atoms with van der Waals surface area (Å²) in [7, 11) is -2.79. The van der Waals surface area contributed by atoms with E-state index in [-0.39, 0.29) is 17.0 Å². The second-order valence-corrected chi connectivity index (χ2v) is 16.9. The van der Waals surface area contributed by atoms with Crippen LogP contribution < -0.4 is 21.8 Å². The van der Waals surface area contributed by atoms with Gasteiger partial charge in [-0.25, -0.2) is 4.79 Å². The van der Waals surface area contributed by atoms with Crippen LogP contribution in [0.15, 0.2) is 77.7 Å². The number of aromatic nitrogens is 2. The highest BCUT2D eigenvalue weighted by atomic mass is 28.4. The van der Waals surface area contributed by atoms with Crippen LogP contribution in [0.2, 0.25) is 5.04 Å². The highest BCUT2D eigenvalue weighted by Gasteiger charge is 2.59. The third-order valence-electron chi connectivity index (χ3n) is 8.31. The van der Waals surface area contributed by atoms with Crippen molar-refractivity contribution in [3.8, 4) is 0 Å². The molecule has 0 spiro atoms. The van der Waals surface area contributed by atoms with Crippen molar-refractivity contribution in [1.82, 2.24) is 14.6 Å². The summed E-state index contributed by atoms with van der Waals surface area (Å²) in [5.74, 6) is -0.611. The lowest BCUT2D eigenvalue weighted by Crippen LogP contribution is -2.67. The van der Waals surface area contributed by atoms with Gasteiger partial charge in [-0.2, -0.15) is 10.0 Å². The molecule has 11 heteroatoms. The van der Waals surface area contributed by atoms with Crippen molar-refractivity contribution >= 4 is 24.5 Å². The van der Waals surface area contributed by atoms with Gasteiger partial charge in [0.2, 0.25) is 0 Å². The lowest BCUT2D eigenvalue weighted by molar-refractivity contribution is -0.284. The molecular weight excluding hydrogens is 552 g/mol. The molecule has 6 rings (SSSR count). The third kappa shape index (κ3) is 5.23. The minimum Gasteiger partial charge on any atom is -0.405 e. The molecule has 224 valence electrons. The summed E-state index contributed by atoms with van der Waals surface area (Å²) in [5.41, 5.74) is 5.22. The standard InChI is InChI=1S/C31H40N4O6Si/c1-30(2,3)42(21-12-8-6-9-13-21,22-14-10-7-11-15-22)37-20-23-26-27(40-31(4,5)39-26)28(38-23)35-19-17-25(41-35)34-18-16-24(32)33-29(34)36/h6-16,18,23,25-28H,17,19-20H2,1-5H3,(H2,32,33,36)/t23-,25+,26-,27-,28-/m1/s1. The average molecular weight is 593 g/mol. The summed E-state index contributed by atoms with van der Waals surface area (Å²) in [6.45, 7) is 11.5. The average Bonchev–Trinajstić information content (AvgIpc) is 3.63. The van der Waals surface area contributed by atoms with E-state index in [1.54, 1.807) is 17.3 Å². The number of fused-ring (bicyclic) bond motifs is 1. The number of hydrogen-bond acceptors (Lipinski definition) is 9. The zero-order valence-electron chi connectivity index (χ0n) is 24.8. The van der Waals surface area contributed by atoms with Crippen molar-refractivity contribution in [2.45, 2.75) is 82.6 Å². The molecule has 3 saturated heterocycles. The van der Waals surface area contributed by atoms with Gasteiger partial charge in [0.25, 0.3) is 8.32 Å². The quantitative estimate of drug-likeness (QED) is 0.414. The largest absolute Gasteiger partial charge is 0.405 e. The zero-order chi connectivity index (χ0) is 29.7. The number of hydroxylamine groups is 2. The SMILES string of the molecule is CC1(C)O[C@@H]2[C@H](O1)[C@@H](CO[Si](c1ccccc1)(c1ccccc1)C(C)(C)C)O[C@H]2N1CC[C@@H](n2ccc(N)nc2=O)O1. The molecular formula is C31H40N4O6Si. The maximum Gasteiger partial charge on any atom is 0.351 e. The fourth-order valence-electron chi connectivity index (χ4n) is 6.52. The van der Waals surface area contributed by atoms with Crippen molar-refractivity contribution in [2.24, 2.45) is 0 Å². The van der Waals surface area contributed by atoms with E-state index in [2.05, 4.69) is 74.3 Å². The topological polar surface area (TPSA) is 110 Å². The number of nitrogens with two attached hydrogens (primary N) is 1. The molecule has 4 heterocycles. The van der Waals surface area contributed by atoms with Gasteiger partial charge < -0.3 is 24.4 Å². The Labute approximate surface area is 247 Å². The molecule has 2 N–H and O–H groups in total. The first-order valence-electron chi connectivity index (χ1n) is 14.5. The summed E-state index contributed by atoms with van der Waals surface area (Å²) < 4.78 is 28.1. The van der Waals surface area contributed by atoms with Crippen LogP contribution in [0.25, 0.3) is 0 Å². The van der Waals surface area contributed by atoms with Crippen molar-refractivity contribution in [2.75, 3.05) is 18.9 Å². The van der Waals surface area contributed by atoms with Crippen molar-refractivity contribution < 1.29 is 23.5 Å². The van der Waals surface area contributed by atoms with Crippen LogP contribution in [-0.4, -0.2) is 66.4 Å². The molecule has 2 aromatic carbocycles. The summed E-state index contributed by atoms with van der Waals surface area (Å²) in [4.78, 5) is 22.5. The normalized spacial score (nSPS) is 27.8. The Bertz CT molecular complexity index is 1410. The van der Waals surface area contributed by atoms with Gasteiger partial charge in [0.05, 0.1) is 6.61 Å². The lowest BCUT2D eigenvalue weighted by atomic mass is 10.1.